The Balaban J connectivity index is 2.49. The van der Waals surface area contributed by atoms with Crippen molar-refractivity contribution in [3.8, 4) is 6.07 Å². The van der Waals surface area contributed by atoms with Crippen molar-refractivity contribution in [1.29, 1.82) is 5.26 Å². The molecule has 1 aliphatic carbocycles. The molecule has 2 rings (SSSR count). The minimum atomic E-state index is -0.428. The highest BCUT2D eigenvalue weighted by atomic mass is 19.1. The van der Waals surface area contributed by atoms with E-state index in [1.54, 1.807) is 6.07 Å². The van der Waals surface area contributed by atoms with Crippen LogP contribution in [0.3, 0.4) is 0 Å². The van der Waals surface area contributed by atoms with E-state index in [1.807, 2.05) is 0 Å². The molecule has 1 aromatic rings. The minimum Gasteiger partial charge on any atom is -0.258 e. The largest absolute Gasteiger partial charge is 0.258 e. The van der Waals surface area contributed by atoms with Crippen molar-refractivity contribution in [2.45, 2.75) is 18.8 Å². The van der Waals surface area contributed by atoms with Gasteiger partial charge in [-0.2, -0.15) is 5.26 Å². The Morgan fingerprint density at radius 2 is 2.33 bits per heavy atom. The van der Waals surface area contributed by atoms with E-state index in [4.69, 9.17) is 5.26 Å². The SMILES string of the molecule is N#Cc1ccnc(C2CC2)c1F. The maximum Gasteiger partial charge on any atom is 0.162 e. The van der Waals surface area contributed by atoms with Gasteiger partial charge >= 0.3 is 0 Å². The summed E-state index contributed by atoms with van der Waals surface area (Å²) in [6.07, 6.45) is 3.49. The normalized spacial score (nSPS) is 15.7. The second kappa shape index (κ2) is 2.56. The molecule has 12 heavy (non-hydrogen) atoms. The van der Waals surface area contributed by atoms with Gasteiger partial charge in [-0.15, -0.1) is 0 Å². The molecule has 2 nitrogen and oxygen atoms in total. The molecular weight excluding hydrogens is 155 g/mol. The van der Waals surface area contributed by atoms with Crippen molar-refractivity contribution in [2.75, 3.05) is 0 Å². The lowest BCUT2D eigenvalue weighted by Gasteiger charge is -1.99. The number of pyridine rings is 1. The molecule has 1 saturated carbocycles. The Kier molecular flexibility index (Phi) is 1.54. The monoisotopic (exact) mass is 162 g/mol. The zero-order valence-corrected chi connectivity index (χ0v) is 6.42. The van der Waals surface area contributed by atoms with Gasteiger partial charge in [0.1, 0.15) is 6.07 Å². The third-order valence-electron chi connectivity index (χ3n) is 2.00. The number of halogens is 1. The molecule has 0 aromatic carbocycles. The lowest BCUT2D eigenvalue weighted by molar-refractivity contribution is 0.596. The van der Waals surface area contributed by atoms with Crippen LogP contribution in [0.1, 0.15) is 30.0 Å². The maximum atomic E-state index is 13.3. The number of nitriles is 1. The van der Waals surface area contributed by atoms with Gasteiger partial charge in [-0.3, -0.25) is 4.98 Å². The van der Waals surface area contributed by atoms with Gasteiger partial charge in [0.2, 0.25) is 0 Å². The molecule has 0 bridgehead atoms. The Morgan fingerprint density at radius 3 is 2.92 bits per heavy atom. The fraction of sp³-hybridized carbons (Fsp3) is 0.333. The Bertz CT molecular complexity index is 350. The topological polar surface area (TPSA) is 36.7 Å². The first kappa shape index (κ1) is 7.23. The van der Waals surface area contributed by atoms with Crippen LogP contribution in [0.2, 0.25) is 0 Å². The summed E-state index contributed by atoms with van der Waals surface area (Å²) >= 11 is 0. The van der Waals surface area contributed by atoms with Crippen LogP contribution in [-0.4, -0.2) is 4.98 Å². The number of nitrogens with zero attached hydrogens (tertiary/aromatic N) is 2. The molecule has 1 aliphatic rings. The highest BCUT2D eigenvalue weighted by Crippen LogP contribution is 2.40. The van der Waals surface area contributed by atoms with E-state index < -0.39 is 5.82 Å². The highest BCUT2D eigenvalue weighted by Gasteiger charge is 2.28. The molecule has 3 heteroatoms. The van der Waals surface area contributed by atoms with Crippen molar-refractivity contribution in [3.63, 3.8) is 0 Å². The smallest absolute Gasteiger partial charge is 0.162 e. The fourth-order valence-electron chi connectivity index (χ4n) is 1.19. The van der Waals surface area contributed by atoms with Crippen molar-refractivity contribution in [1.82, 2.24) is 4.98 Å². The zero-order valence-electron chi connectivity index (χ0n) is 6.42. The summed E-state index contributed by atoms with van der Waals surface area (Å²) in [7, 11) is 0. The van der Waals surface area contributed by atoms with Gasteiger partial charge in [0.15, 0.2) is 5.82 Å². The zero-order chi connectivity index (χ0) is 8.55. The summed E-state index contributed by atoms with van der Waals surface area (Å²) in [6, 6.07) is 3.21. The molecule has 0 spiro atoms. The molecule has 0 aliphatic heterocycles. The van der Waals surface area contributed by atoms with Crippen molar-refractivity contribution in [2.24, 2.45) is 0 Å². The van der Waals surface area contributed by atoms with Gasteiger partial charge in [0.05, 0.1) is 11.3 Å². The van der Waals surface area contributed by atoms with E-state index in [9.17, 15) is 4.39 Å². The molecule has 0 radical (unpaired) electrons. The molecule has 0 unspecified atom stereocenters. The maximum absolute atomic E-state index is 13.3. The predicted molar refractivity (Wildman–Crippen MR) is 40.9 cm³/mol. The number of hydrogen-bond acceptors (Lipinski definition) is 2. The Morgan fingerprint density at radius 1 is 1.58 bits per heavy atom. The summed E-state index contributed by atoms with van der Waals surface area (Å²) in [6.45, 7) is 0. The summed E-state index contributed by atoms with van der Waals surface area (Å²) in [4.78, 5) is 3.92. The van der Waals surface area contributed by atoms with Crippen LogP contribution in [0.4, 0.5) is 4.39 Å². The van der Waals surface area contributed by atoms with Crippen LogP contribution < -0.4 is 0 Å². The van der Waals surface area contributed by atoms with E-state index in [-0.39, 0.29) is 11.5 Å². The number of aromatic nitrogens is 1. The molecule has 60 valence electrons. The molecular formula is C9H7FN2. The standard InChI is InChI=1S/C9H7FN2/c10-8-7(5-11)3-4-12-9(8)6-1-2-6/h3-4,6H,1-2H2. The van der Waals surface area contributed by atoms with E-state index in [2.05, 4.69) is 4.98 Å². The van der Waals surface area contributed by atoms with Gasteiger partial charge in [-0.05, 0) is 18.9 Å². The predicted octanol–water partition coefficient (Wildman–Crippen LogP) is 1.97. The second-order valence-corrected chi connectivity index (χ2v) is 2.94. The van der Waals surface area contributed by atoms with E-state index in [0.717, 1.165) is 12.8 Å². The second-order valence-electron chi connectivity index (χ2n) is 2.94. The quantitative estimate of drug-likeness (QED) is 0.633. The third kappa shape index (κ3) is 1.06. The average Bonchev–Trinajstić information content (AvgIpc) is 2.88. The molecule has 1 fully saturated rings. The highest BCUT2D eigenvalue weighted by molar-refractivity contribution is 5.33. The van der Waals surface area contributed by atoms with Crippen LogP contribution in [-0.2, 0) is 0 Å². The molecule has 0 amide bonds. The van der Waals surface area contributed by atoms with Gasteiger partial charge < -0.3 is 0 Å². The summed E-state index contributed by atoms with van der Waals surface area (Å²) in [5.41, 5.74) is 0.570. The minimum absolute atomic E-state index is 0.104. The van der Waals surface area contributed by atoms with Gasteiger partial charge in [-0.1, -0.05) is 0 Å². The summed E-state index contributed by atoms with van der Waals surface area (Å²) < 4.78 is 13.3. The van der Waals surface area contributed by atoms with Crippen LogP contribution in [0.5, 0.6) is 0 Å². The molecule has 0 saturated heterocycles. The number of hydrogen-bond donors (Lipinski definition) is 0. The van der Waals surface area contributed by atoms with Crippen LogP contribution >= 0.6 is 0 Å². The van der Waals surface area contributed by atoms with Crippen molar-refractivity contribution >= 4 is 0 Å². The fourth-order valence-corrected chi connectivity index (χ4v) is 1.19. The average molecular weight is 162 g/mol. The molecule has 1 aromatic heterocycles. The number of rotatable bonds is 1. The van der Waals surface area contributed by atoms with Gasteiger partial charge in [0.25, 0.3) is 0 Å². The molecule has 0 atom stereocenters. The first-order valence-corrected chi connectivity index (χ1v) is 3.87. The van der Waals surface area contributed by atoms with E-state index in [1.165, 1.54) is 12.3 Å². The summed E-state index contributed by atoms with van der Waals surface area (Å²) in [5.74, 6) is -0.166. The third-order valence-corrected chi connectivity index (χ3v) is 2.00. The van der Waals surface area contributed by atoms with E-state index in [0.29, 0.717) is 5.69 Å². The van der Waals surface area contributed by atoms with E-state index >= 15 is 0 Å². The molecule has 1 heterocycles. The first-order valence-electron chi connectivity index (χ1n) is 3.87. The lowest BCUT2D eigenvalue weighted by Crippen LogP contribution is -1.95. The lowest BCUT2D eigenvalue weighted by atomic mass is 10.2. The van der Waals surface area contributed by atoms with Crippen molar-refractivity contribution < 1.29 is 4.39 Å². The molecule has 0 N–H and O–H groups in total. The Hall–Kier alpha value is -1.43. The van der Waals surface area contributed by atoms with Gasteiger partial charge in [-0.25, -0.2) is 4.39 Å². The van der Waals surface area contributed by atoms with Crippen molar-refractivity contribution in [3.05, 3.63) is 29.3 Å². The van der Waals surface area contributed by atoms with Crippen LogP contribution in [0, 0.1) is 17.1 Å². The van der Waals surface area contributed by atoms with Gasteiger partial charge in [0, 0.05) is 12.1 Å². The Labute approximate surface area is 69.7 Å². The summed E-state index contributed by atoms with van der Waals surface area (Å²) in [5, 5.41) is 8.53. The first-order chi connectivity index (χ1) is 5.83. The van der Waals surface area contributed by atoms with Crippen LogP contribution in [0.15, 0.2) is 12.3 Å². The van der Waals surface area contributed by atoms with Crippen LogP contribution in [0.25, 0.3) is 0 Å².